The van der Waals surface area contributed by atoms with Crippen molar-refractivity contribution in [3.05, 3.63) is 35.9 Å². The fourth-order valence-electron chi connectivity index (χ4n) is 3.32. The Hall–Kier alpha value is -2.12. The maximum Gasteiger partial charge on any atom is 0.318 e. The normalized spacial score (nSPS) is 20.8. The van der Waals surface area contributed by atoms with Crippen LogP contribution in [0.5, 0.6) is 0 Å². The number of ether oxygens (including phenoxy) is 2. The summed E-state index contributed by atoms with van der Waals surface area (Å²) in [6.07, 6.45) is 1.71. The van der Waals surface area contributed by atoms with Crippen LogP contribution in [0.2, 0.25) is 0 Å². The molecule has 1 fully saturated rings. The molecule has 1 unspecified atom stereocenters. The summed E-state index contributed by atoms with van der Waals surface area (Å²) < 4.78 is 10.6. The Labute approximate surface area is 154 Å². The third-order valence-corrected chi connectivity index (χ3v) is 4.69. The molecule has 1 aromatic carbocycles. The highest BCUT2D eigenvalue weighted by Crippen LogP contribution is 2.21. The Kier molecular flexibility index (Phi) is 7.87. The van der Waals surface area contributed by atoms with Crippen LogP contribution in [0.25, 0.3) is 0 Å². The zero-order valence-electron chi connectivity index (χ0n) is 15.4. The molecule has 3 atom stereocenters. The number of nitrogens with zero attached hydrogens (tertiary/aromatic N) is 1. The number of hydrogen-bond donors (Lipinski definition) is 2. The molecule has 0 radical (unpaired) electrons. The van der Waals surface area contributed by atoms with Crippen molar-refractivity contribution in [1.29, 1.82) is 0 Å². The lowest BCUT2D eigenvalue weighted by Gasteiger charge is -2.27. The molecule has 0 spiro atoms. The Morgan fingerprint density at radius 3 is 2.65 bits per heavy atom. The quantitative estimate of drug-likeness (QED) is 0.699. The van der Waals surface area contributed by atoms with Gasteiger partial charge in [0.05, 0.1) is 18.8 Å². The molecule has 1 saturated heterocycles. The molecule has 2 N–H and O–H groups in total. The topological polar surface area (TPSA) is 88.1 Å². The predicted octanol–water partition coefficient (Wildman–Crippen LogP) is 1.91. The van der Waals surface area contributed by atoms with E-state index < -0.39 is 5.97 Å². The van der Waals surface area contributed by atoms with Gasteiger partial charge in [0, 0.05) is 33.2 Å². The van der Waals surface area contributed by atoms with E-state index in [-0.39, 0.29) is 30.6 Å². The summed E-state index contributed by atoms with van der Waals surface area (Å²) in [4.78, 5) is 25.5. The number of nitrogens with one attached hydrogen (secondary N) is 1. The fourth-order valence-corrected chi connectivity index (χ4v) is 3.32. The van der Waals surface area contributed by atoms with Gasteiger partial charge >= 0.3 is 12.0 Å². The molecule has 7 heteroatoms. The zero-order chi connectivity index (χ0) is 18.9. The van der Waals surface area contributed by atoms with Gasteiger partial charge in [0.15, 0.2) is 0 Å². The second-order valence-electron chi connectivity index (χ2n) is 6.62. The molecule has 1 aromatic rings. The van der Waals surface area contributed by atoms with Crippen LogP contribution in [0.4, 0.5) is 4.79 Å². The monoisotopic (exact) mass is 364 g/mol. The largest absolute Gasteiger partial charge is 0.481 e. The van der Waals surface area contributed by atoms with E-state index in [4.69, 9.17) is 14.6 Å². The van der Waals surface area contributed by atoms with Gasteiger partial charge in [-0.1, -0.05) is 30.3 Å². The lowest BCUT2D eigenvalue weighted by Crippen LogP contribution is -2.49. The molecule has 7 nitrogen and oxygen atoms in total. The number of methoxy groups -OCH3 is 2. The number of aliphatic carboxylic acids is 1. The predicted molar refractivity (Wildman–Crippen MR) is 97.1 cm³/mol. The van der Waals surface area contributed by atoms with Gasteiger partial charge in [-0.15, -0.1) is 0 Å². The second-order valence-corrected chi connectivity index (χ2v) is 6.62. The van der Waals surface area contributed by atoms with E-state index in [9.17, 15) is 9.59 Å². The van der Waals surface area contributed by atoms with E-state index in [1.165, 1.54) is 0 Å². The second kappa shape index (κ2) is 10.1. The van der Waals surface area contributed by atoms with Gasteiger partial charge in [-0.25, -0.2) is 4.79 Å². The summed E-state index contributed by atoms with van der Waals surface area (Å²) in [6, 6.07) is 9.27. The van der Waals surface area contributed by atoms with Crippen molar-refractivity contribution in [2.24, 2.45) is 0 Å². The fraction of sp³-hybridized carbons (Fsp3) is 0.579. The van der Waals surface area contributed by atoms with Crippen LogP contribution in [-0.2, 0) is 20.7 Å². The number of hydrogen-bond acceptors (Lipinski definition) is 4. The average Bonchev–Trinajstić information content (AvgIpc) is 3.04. The minimum absolute atomic E-state index is 0.00695. The molecule has 0 aromatic heterocycles. The molecule has 0 bridgehead atoms. The molecular weight excluding hydrogens is 336 g/mol. The van der Waals surface area contributed by atoms with E-state index in [1.54, 1.807) is 19.1 Å². The minimum Gasteiger partial charge on any atom is -0.481 e. The Morgan fingerprint density at radius 1 is 1.31 bits per heavy atom. The summed E-state index contributed by atoms with van der Waals surface area (Å²) in [6.45, 7) is 0.957. The van der Waals surface area contributed by atoms with E-state index in [0.717, 1.165) is 12.0 Å². The Morgan fingerprint density at radius 2 is 2.04 bits per heavy atom. The molecule has 144 valence electrons. The number of benzene rings is 1. The third-order valence-electron chi connectivity index (χ3n) is 4.69. The minimum atomic E-state index is -0.866. The van der Waals surface area contributed by atoms with Crippen molar-refractivity contribution >= 4 is 12.0 Å². The maximum absolute atomic E-state index is 12.8. The number of carboxylic acid groups (broad SMARTS) is 1. The number of likely N-dealkylation sites (tertiary alicyclic amines) is 1. The van der Waals surface area contributed by atoms with Crippen molar-refractivity contribution in [3.8, 4) is 0 Å². The lowest BCUT2D eigenvalue weighted by atomic mass is 10.0. The first-order valence-electron chi connectivity index (χ1n) is 8.88. The van der Waals surface area contributed by atoms with Gasteiger partial charge < -0.3 is 24.8 Å². The van der Waals surface area contributed by atoms with Crippen LogP contribution in [0.1, 0.15) is 24.8 Å². The Balaban J connectivity index is 2.02. The standard InChI is InChI=1S/C19H28N2O5/c1-25-13-16-11-17(26-2)12-21(16)19(24)20-15(8-9-18(22)23)10-14-6-4-3-5-7-14/h3-7,15-17H,8-13H2,1-2H3,(H,20,24)(H,22,23)/t15?,16-,17+/m0/s1. The van der Waals surface area contributed by atoms with Gasteiger partial charge in [-0.05, 0) is 24.8 Å². The van der Waals surface area contributed by atoms with Crippen molar-refractivity contribution in [2.75, 3.05) is 27.4 Å². The number of carbonyl (C=O) groups excluding carboxylic acids is 1. The molecular formula is C19H28N2O5. The van der Waals surface area contributed by atoms with Gasteiger partial charge in [0.1, 0.15) is 0 Å². The summed E-state index contributed by atoms with van der Waals surface area (Å²) in [5.41, 5.74) is 1.06. The van der Waals surface area contributed by atoms with Crippen LogP contribution in [0.3, 0.4) is 0 Å². The summed E-state index contributed by atoms with van der Waals surface area (Å²) in [5.74, 6) is -0.866. The summed E-state index contributed by atoms with van der Waals surface area (Å²) in [5, 5.41) is 12.0. The first-order valence-corrected chi connectivity index (χ1v) is 8.88. The summed E-state index contributed by atoms with van der Waals surface area (Å²) >= 11 is 0. The van der Waals surface area contributed by atoms with Crippen LogP contribution in [0, 0.1) is 0 Å². The molecule has 1 aliphatic heterocycles. The highest BCUT2D eigenvalue weighted by Gasteiger charge is 2.36. The van der Waals surface area contributed by atoms with Gasteiger partial charge in [0.2, 0.25) is 0 Å². The number of amides is 2. The average molecular weight is 364 g/mol. The molecule has 2 rings (SSSR count). The third kappa shape index (κ3) is 6.00. The van der Waals surface area contributed by atoms with Crippen LogP contribution in [0.15, 0.2) is 30.3 Å². The van der Waals surface area contributed by atoms with E-state index >= 15 is 0 Å². The molecule has 2 amide bonds. The van der Waals surface area contributed by atoms with Gasteiger partial charge in [0.25, 0.3) is 0 Å². The van der Waals surface area contributed by atoms with Gasteiger partial charge in [-0.2, -0.15) is 0 Å². The highest BCUT2D eigenvalue weighted by atomic mass is 16.5. The van der Waals surface area contributed by atoms with Crippen molar-refractivity contribution in [3.63, 3.8) is 0 Å². The smallest absolute Gasteiger partial charge is 0.318 e. The van der Waals surface area contributed by atoms with Crippen LogP contribution < -0.4 is 5.32 Å². The molecule has 1 aliphatic rings. The number of urea groups is 1. The summed E-state index contributed by atoms with van der Waals surface area (Å²) in [7, 11) is 3.25. The van der Waals surface area contributed by atoms with E-state index in [0.29, 0.717) is 26.0 Å². The molecule has 0 aliphatic carbocycles. The van der Waals surface area contributed by atoms with E-state index in [2.05, 4.69) is 5.32 Å². The molecule has 1 heterocycles. The number of carbonyl (C=O) groups is 2. The first-order chi connectivity index (χ1) is 12.5. The van der Waals surface area contributed by atoms with E-state index in [1.807, 2.05) is 30.3 Å². The first kappa shape index (κ1) is 20.2. The van der Waals surface area contributed by atoms with Crippen LogP contribution in [-0.4, -0.2) is 67.6 Å². The maximum atomic E-state index is 12.8. The SMILES string of the molecule is COC[C@@H]1C[C@@H](OC)CN1C(=O)NC(CCC(=O)O)Cc1ccccc1. The zero-order valence-corrected chi connectivity index (χ0v) is 15.4. The number of rotatable bonds is 9. The van der Waals surface area contributed by atoms with Crippen LogP contribution >= 0.6 is 0 Å². The van der Waals surface area contributed by atoms with Gasteiger partial charge in [-0.3, -0.25) is 4.79 Å². The highest BCUT2D eigenvalue weighted by molar-refractivity contribution is 5.75. The number of carboxylic acids is 1. The van der Waals surface area contributed by atoms with Crippen molar-refractivity contribution in [2.45, 2.75) is 43.9 Å². The van der Waals surface area contributed by atoms with Crippen molar-refractivity contribution in [1.82, 2.24) is 10.2 Å². The van der Waals surface area contributed by atoms with Crippen molar-refractivity contribution < 1.29 is 24.2 Å². The lowest BCUT2D eigenvalue weighted by molar-refractivity contribution is -0.137. The Bertz CT molecular complexity index is 581. The molecule has 26 heavy (non-hydrogen) atoms. The molecule has 0 saturated carbocycles.